The first kappa shape index (κ1) is 20.3. The van der Waals surface area contributed by atoms with Gasteiger partial charge in [-0.2, -0.15) is 0 Å². The Balaban J connectivity index is 5.10. The molecular formula is C15H21GaO6. The van der Waals surface area contributed by atoms with Gasteiger partial charge in [0.25, 0.3) is 0 Å². The molecule has 22 heavy (non-hydrogen) atoms. The van der Waals surface area contributed by atoms with Crippen LogP contribution in [0.2, 0.25) is 0 Å². The van der Waals surface area contributed by atoms with Gasteiger partial charge in [0.1, 0.15) is 0 Å². The van der Waals surface area contributed by atoms with Crippen LogP contribution in [0.1, 0.15) is 41.5 Å². The Kier molecular flexibility index (Phi) is 9.28. The van der Waals surface area contributed by atoms with Gasteiger partial charge < -0.3 is 0 Å². The number of allylic oxidation sites excluding steroid dienone is 6. The first-order valence-electron chi connectivity index (χ1n) is 6.66. The summed E-state index contributed by atoms with van der Waals surface area (Å²) < 4.78 is 16.6. The van der Waals surface area contributed by atoms with Gasteiger partial charge in [-0.05, 0) is 0 Å². The fourth-order valence-electron chi connectivity index (χ4n) is 1.49. The van der Waals surface area contributed by atoms with Crippen LogP contribution in [0, 0.1) is 0 Å². The summed E-state index contributed by atoms with van der Waals surface area (Å²) in [6.07, 6.45) is 3.96. The molecule has 0 amide bonds. The zero-order valence-electron chi connectivity index (χ0n) is 13.8. The van der Waals surface area contributed by atoms with Crippen LogP contribution in [0.4, 0.5) is 0 Å². The minimum atomic E-state index is -3.28. The molecule has 0 saturated heterocycles. The molecule has 0 aliphatic rings. The fourth-order valence-corrected chi connectivity index (χ4v) is 4.13. The van der Waals surface area contributed by atoms with Crippen LogP contribution in [-0.4, -0.2) is 34.7 Å². The molecule has 7 heteroatoms. The van der Waals surface area contributed by atoms with E-state index in [1.807, 2.05) is 0 Å². The van der Waals surface area contributed by atoms with E-state index < -0.39 is 17.3 Å². The molecule has 0 N–H and O–H groups in total. The van der Waals surface area contributed by atoms with Crippen molar-refractivity contribution in [3.63, 3.8) is 0 Å². The van der Waals surface area contributed by atoms with Crippen molar-refractivity contribution in [2.75, 3.05) is 0 Å². The average Bonchev–Trinajstić information content (AvgIpc) is 2.23. The summed E-state index contributed by atoms with van der Waals surface area (Å²) >= 11 is -3.28. The molecule has 0 aromatic heterocycles. The van der Waals surface area contributed by atoms with E-state index in [-0.39, 0.29) is 17.3 Å². The molecule has 0 saturated carbocycles. The summed E-state index contributed by atoms with van der Waals surface area (Å²) in [4.78, 5) is 33.1. The van der Waals surface area contributed by atoms with Gasteiger partial charge in [0.15, 0.2) is 0 Å². The molecule has 0 aliphatic heterocycles. The number of carbonyl (C=O) groups excluding carboxylic acids is 3. The molecule has 0 bridgehead atoms. The molecule has 0 fully saturated rings. The second kappa shape index (κ2) is 10.1. The Bertz CT molecular complexity index is 454. The molecule has 0 aliphatic carbocycles. The van der Waals surface area contributed by atoms with E-state index in [0.717, 1.165) is 0 Å². The molecule has 0 aromatic rings. The van der Waals surface area contributed by atoms with Crippen LogP contribution in [0.15, 0.2) is 35.5 Å². The third-order valence-corrected chi connectivity index (χ3v) is 5.62. The van der Waals surface area contributed by atoms with Crippen molar-refractivity contribution in [1.82, 2.24) is 0 Å². The summed E-state index contributed by atoms with van der Waals surface area (Å²) in [7, 11) is 0. The SMILES string of the molecule is CC(=O)/C=C(/C)[O][Ga]([O]/C(C)=C\C(C)=O)[O]/C(C)=C/C(C)=O. The van der Waals surface area contributed by atoms with E-state index in [2.05, 4.69) is 0 Å². The van der Waals surface area contributed by atoms with E-state index in [4.69, 9.17) is 10.6 Å². The van der Waals surface area contributed by atoms with Gasteiger partial charge in [0.05, 0.1) is 0 Å². The van der Waals surface area contributed by atoms with Gasteiger partial charge in [-0.3, -0.25) is 0 Å². The number of ketones is 3. The van der Waals surface area contributed by atoms with Crippen molar-refractivity contribution in [3.8, 4) is 0 Å². The van der Waals surface area contributed by atoms with Crippen LogP contribution in [0.3, 0.4) is 0 Å². The molecule has 0 radical (unpaired) electrons. The normalized spacial score (nSPS) is 12.5. The molecular weight excluding hydrogens is 346 g/mol. The summed E-state index contributed by atoms with van der Waals surface area (Å²) in [6, 6.07) is 0. The van der Waals surface area contributed by atoms with Gasteiger partial charge in [-0.15, -0.1) is 0 Å². The minimum absolute atomic E-state index is 0.161. The summed E-state index contributed by atoms with van der Waals surface area (Å²) in [5.41, 5.74) is 0. The quantitative estimate of drug-likeness (QED) is 0.354. The van der Waals surface area contributed by atoms with E-state index in [1.54, 1.807) is 20.8 Å². The predicted molar refractivity (Wildman–Crippen MR) is 82.3 cm³/mol. The molecule has 0 spiro atoms. The molecule has 120 valence electrons. The molecule has 0 atom stereocenters. The van der Waals surface area contributed by atoms with Crippen molar-refractivity contribution < 1.29 is 25.0 Å². The summed E-state index contributed by atoms with van der Waals surface area (Å²) in [6.45, 7) is 9.04. The Morgan fingerprint density at radius 2 is 0.818 bits per heavy atom. The van der Waals surface area contributed by atoms with Gasteiger partial charge in [0.2, 0.25) is 0 Å². The first-order chi connectivity index (χ1) is 10.1. The standard InChI is InChI=1S/3C5H8O2.Ga/c3*1-4(6)3-5(2)7;/h3*3,6H,1-2H3;/q;;;+3/p-3/b4-3+;2*4-3-;. The van der Waals surface area contributed by atoms with Crippen LogP contribution in [0.5, 0.6) is 0 Å². The van der Waals surface area contributed by atoms with Gasteiger partial charge in [-0.25, -0.2) is 0 Å². The third-order valence-electron chi connectivity index (χ3n) is 2.07. The van der Waals surface area contributed by atoms with Crippen molar-refractivity contribution in [1.29, 1.82) is 0 Å². The predicted octanol–water partition coefficient (Wildman–Crippen LogP) is 2.50. The summed E-state index contributed by atoms with van der Waals surface area (Å²) in [5, 5.41) is 0. The molecule has 6 nitrogen and oxygen atoms in total. The topological polar surface area (TPSA) is 78.9 Å². The van der Waals surface area contributed by atoms with E-state index in [0.29, 0.717) is 17.3 Å². The average molecular weight is 367 g/mol. The second-order valence-corrected chi connectivity index (χ2v) is 7.43. The fraction of sp³-hybridized carbons (Fsp3) is 0.400. The van der Waals surface area contributed by atoms with E-state index in [9.17, 15) is 14.4 Å². The van der Waals surface area contributed by atoms with Gasteiger partial charge in [0, 0.05) is 0 Å². The van der Waals surface area contributed by atoms with Crippen LogP contribution in [0.25, 0.3) is 0 Å². The zero-order valence-corrected chi connectivity index (χ0v) is 16.2. The number of hydrogen-bond donors (Lipinski definition) is 0. The number of hydrogen-bond acceptors (Lipinski definition) is 6. The zero-order chi connectivity index (χ0) is 17.3. The van der Waals surface area contributed by atoms with E-state index >= 15 is 0 Å². The van der Waals surface area contributed by atoms with Crippen LogP contribution < -0.4 is 0 Å². The molecule has 0 aromatic carbocycles. The van der Waals surface area contributed by atoms with E-state index in [1.165, 1.54) is 39.0 Å². The maximum absolute atomic E-state index is 11.0. The first-order valence-corrected chi connectivity index (χ1v) is 9.63. The summed E-state index contributed by atoms with van der Waals surface area (Å²) in [5.74, 6) is 0.609. The Hall–Kier alpha value is -1.73. The Morgan fingerprint density at radius 3 is 1.00 bits per heavy atom. The third kappa shape index (κ3) is 11.0. The van der Waals surface area contributed by atoms with Crippen molar-refractivity contribution in [2.24, 2.45) is 0 Å². The second-order valence-electron chi connectivity index (χ2n) is 4.74. The Morgan fingerprint density at radius 1 is 0.591 bits per heavy atom. The Labute approximate surface area is 137 Å². The van der Waals surface area contributed by atoms with Gasteiger partial charge in [-0.1, -0.05) is 0 Å². The molecule has 0 rings (SSSR count). The van der Waals surface area contributed by atoms with Crippen LogP contribution in [-0.2, 0) is 25.0 Å². The monoisotopic (exact) mass is 366 g/mol. The number of carbonyl (C=O) groups is 3. The maximum atomic E-state index is 11.0. The van der Waals surface area contributed by atoms with Gasteiger partial charge >= 0.3 is 137 Å². The van der Waals surface area contributed by atoms with Crippen LogP contribution >= 0.6 is 0 Å². The number of rotatable bonds is 9. The molecule has 0 unspecified atom stereocenters. The van der Waals surface area contributed by atoms with Crippen molar-refractivity contribution >= 4 is 34.7 Å². The van der Waals surface area contributed by atoms with Crippen molar-refractivity contribution in [3.05, 3.63) is 35.5 Å². The molecule has 0 heterocycles. The van der Waals surface area contributed by atoms with Crippen molar-refractivity contribution in [2.45, 2.75) is 41.5 Å².